The number of nitrogen functional groups attached to an aromatic ring is 1. The third kappa shape index (κ3) is 1.96. The fourth-order valence-corrected chi connectivity index (χ4v) is 2.12. The first kappa shape index (κ1) is 11.2. The summed E-state index contributed by atoms with van der Waals surface area (Å²) in [4.78, 5) is 13.8. The van der Waals surface area contributed by atoms with Gasteiger partial charge in [-0.3, -0.25) is 4.79 Å². The summed E-state index contributed by atoms with van der Waals surface area (Å²) in [6.45, 7) is 1.33. The van der Waals surface area contributed by atoms with Crippen LogP contribution in [-0.2, 0) is 11.3 Å². The number of nitrogens with two attached hydrogens (primary N) is 2. The molecule has 88 valence electrons. The highest BCUT2D eigenvalue weighted by atomic mass is 32.1. The maximum Gasteiger partial charge on any atom is 0.268 e. The summed E-state index contributed by atoms with van der Waals surface area (Å²) in [5.41, 5.74) is 11.1. The van der Waals surface area contributed by atoms with Crippen LogP contribution >= 0.6 is 12.2 Å². The van der Waals surface area contributed by atoms with E-state index in [0.717, 1.165) is 19.4 Å². The number of imidazole rings is 1. The van der Waals surface area contributed by atoms with Crippen LogP contribution in [0.25, 0.3) is 0 Å². The molecule has 0 unspecified atom stereocenters. The van der Waals surface area contributed by atoms with E-state index < -0.39 is 5.91 Å². The zero-order valence-electron chi connectivity index (χ0n) is 8.73. The molecule has 0 saturated carbocycles. The summed E-state index contributed by atoms with van der Waals surface area (Å²) in [7, 11) is 0. The van der Waals surface area contributed by atoms with E-state index in [1.165, 1.54) is 0 Å². The largest absolute Gasteiger partial charge is 0.383 e. The summed E-state index contributed by atoms with van der Waals surface area (Å²) in [6.07, 6.45) is 2.15. The number of nitrogens with one attached hydrogen (secondary N) is 1. The van der Waals surface area contributed by atoms with Crippen molar-refractivity contribution in [2.75, 3.05) is 12.3 Å². The van der Waals surface area contributed by atoms with Crippen LogP contribution in [0, 0.1) is 4.77 Å². The monoisotopic (exact) mass is 242 g/mol. The van der Waals surface area contributed by atoms with E-state index in [0.29, 0.717) is 11.3 Å². The average Bonchev–Trinajstić information content (AvgIpc) is 2.81. The number of carbonyl (C=O) groups is 1. The molecule has 1 aromatic rings. The Morgan fingerprint density at radius 2 is 2.44 bits per heavy atom. The van der Waals surface area contributed by atoms with Crippen molar-refractivity contribution in [3.05, 3.63) is 10.5 Å². The van der Waals surface area contributed by atoms with Crippen LogP contribution in [0.15, 0.2) is 0 Å². The standard InChI is InChI=1S/C9H14N4O2S/c10-7-6(8(11)14)12-9(16)13(7)4-5-2-1-3-15-5/h5H,1-4,10H2,(H2,11,14)(H,12,16)/t5-/m0/s1. The maximum atomic E-state index is 11.0. The van der Waals surface area contributed by atoms with E-state index in [1.54, 1.807) is 4.57 Å². The number of H-pyrrole nitrogens is 1. The highest BCUT2D eigenvalue weighted by molar-refractivity contribution is 7.71. The summed E-state index contributed by atoms with van der Waals surface area (Å²) in [5.74, 6) is -0.317. The molecule has 2 rings (SSSR count). The molecular weight excluding hydrogens is 228 g/mol. The van der Waals surface area contributed by atoms with E-state index >= 15 is 0 Å². The number of primary amides is 1. The van der Waals surface area contributed by atoms with Crippen LogP contribution in [0.1, 0.15) is 23.3 Å². The van der Waals surface area contributed by atoms with Crippen molar-refractivity contribution < 1.29 is 9.53 Å². The Kier molecular flexibility index (Phi) is 2.97. The van der Waals surface area contributed by atoms with E-state index in [4.69, 9.17) is 28.4 Å². The second-order valence-electron chi connectivity index (χ2n) is 3.80. The van der Waals surface area contributed by atoms with Crippen molar-refractivity contribution in [3.8, 4) is 0 Å². The Balaban J connectivity index is 2.26. The van der Waals surface area contributed by atoms with Gasteiger partial charge in [0.05, 0.1) is 12.6 Å². The van der Waals surface area contributed by atoms with E-state index in [-0.39, 0.29) is 17.6 Å². The minimum absolute atomic E-state index is 0.116. The molecule has 1 aliphatic heterocycles. The minimum atomic E-state index is -0.602. The lowest BCUT2D eigenvalue weighted by Gasteiger charge is -2.11. The van der Waals surface area contributed by atoms with Gasteiger partial charge in [-0.15, -0.1) is 0 Å². The average molecular weight is 242 g/mol. The van der Waals surface area contributed by atoms with E-state index in [9.17, 15) is 4.79 Å². The van der Waals surface area contributed by atoms with Gasteiger partial charge in [-0.2, -0.15) is 0 Å². The van der Waals surface area contributed by atoms with Crippen molar-refractivity contribution in [2.24, 2.45) is 5.73 Å². The minimum Gasteiger partial charge on any atom is -0.383 e. The molecule has 1 aromatic heterocycles. The molecule has 0 radical (unpaired) electrons. The van der Waals surface area contributed by atoms with Gasteiger partial charge in [0.1, 0.15) is 11.5 Å². The molecule has 1 aliphatic rings. The van der Waals surface area contributed by atoms with E-state index in [1.807, 2.05) is 0 Å². The topological polar surface area (TPSA) is 99.1 Å². The molecule has 7 heteroatoms. The lowest BCUT2D eigenvalue weighted by atomic mass is 10.2. The highest BCUT2D eigenvalue weighted by Crippen LogP contribution is 2.18. The molecule has 0 aromatic carbocycles. The Morgan fingerprint density at radius 1 is 1.69 bits per heavy atom. The third-order valence-corrected chi connectivity index (χ3v) is 3.00. The van der Waals surface area contributed by atoms with Gasteiger partial charge in [-0.25, -0.2) is 0 Å². The SMILES string of the molecule is NC(=O)c1[nH]c(=S)n(C[C@@H]2CCCO2)c1N. The first-order valence-corrected chi connectivity index (χ1v) is 5.50. The molecule has 0 bridgehead atoms. The lowest BCUT2D eigenvalue weighted by molar-refractivity contribution is 0.0967. The number of anilines is 1. The number of hydrogen-bond acceptors (Lipinski definition) is 4. The number of nitrogens with zero attached hydrogens (tertiary/aromatic N) is 1. The number of hydrogen-bond donors (Lipinski definition) is 3. The Morgan fingerprint density at radius 3 is 2.94 bits per heavy atom. The Hall–Kier alpha value is -1.34. The first-order chi connectivity index (χ1) is 7.59. The second-order valence-corrected chi connectivity index (χ2v) is 4.19. The Labute approximate surface area is 97.6 Å². The fraction of sp³-hybridized carbons (Fsp3) is 0.556. The first-order valence-electron chi connectivity index (χ1n) is 5.09. The highest BCUT2D eigenvalue weighted by Gasteiger charge is 2.20. The molecule has 5 N–H and O–H groups in total. The van der Waals surface area contributed by atoms with Crippen molar-refractivity contribution in [3.63, 3.8) is 0 Å². The smallest absolute Gasteiger partial charge is 0.268 e. The lowest BCUT2D eigenvalue weighted by Crippen LogP contribution is -2.18. The molecule has 16 heavy (non-hydrogen) atoms. The third-order valence-electron chi connectivity index (χ3n) is 2.68. The van der Waals surface area contributed by atoms with Gasteiger partial charge in [0.15, 0.2) is 4.77 Å². The van der Waals surface area contributed by atoms with Crippen molar-refractivity contribution >= 4 is 23.9 Å². The molecule has 0 spiro atoms. The van der Waals surface area contributed by atoms with Crippen LogP contribution in [-0.4, -0.2) is 28.2 Å². The zero-order chi connectivity index (χ0) is 11.7. The number of carbonyl (C=O) groups excluding carboxylic acids is 1. The number of aromatic nitrogens is 2. The summed E-state index contributed by atoms with van der Waals surface area (Å²) < 4.78 is 7.55. The van der Waals surface area contributed by atoms with Crippen LogP contribution in [0.2, 0.25) is 0 Å². The summed E-state index contributed by atoms with van der Waals surface area (Å²) >= 11 is 5.08. The molecule has 6 nitrogen and oxygen atoms in total. The fourth-order valence-electron chi connectivity index (χ4n) is 1.84. The summed E-state index contributed by atoms with van der Waals surface area (Å²) in [6, 6.07) is 0. The van der Waals surface area contributed by atoms with Crippen LogP contribution in [0.4, 0.5) is 5.82 Å². The van der Waals surface area contributed by atoms with Gasteiger partial charge in [0, 0.05) is 6.61 Å². The van der Waals surface area contributed by atoms with Gasteiger partial charge in [-0.05, 0) is 25.1 Å². The molecular formula is C9H14N4O2S. The van der Waals surface area contributed by atoms with Crippen molar-refractivity contribution in [1.29, 1.82) is 0 Å². The summed E-state index contributed by atoms with van der Waals surface area (Å²) in [5, 5.41) is 0. The second kappa shape index (κ2) is 4.26. The van der Waals surface area contributed by atoms with Gasteiger partial charge >= 0.3 is 0 Å². The van der Waals surface area contributed by atoms with Gasteiger partial charge in [0.25, 0.3) is 5.91 Å². The number of aromatic amines is 1. The molecule has 1 atom stereocenters. The van der Waals surface area contributed by atoms with Gasteiger partial charge in [0.2, 0.25) is 0 Å². The zero-order valence-corrected chi connectivity index (χ0v) is 9.55. The molecule has 1 amide bonds. The normalized spacial score (nSPS) is 20.1. The quantitative estimate of drug-likeness (QED) is 0.668. The maximum absolute atomic E-state index is 11.0. The van der Waals surface area contributed by atoms with Crippen LogP contribution in [0.5, 0.6) is 0 Å². The van der Waals surface area contributed by atoms with Gasteiger partial charge < -0.3 is 25.8 Å². The van der Waals surface area contributed by atoms with Gasteiger partial charge in [-0.1, -0.05) is 0 Å². The van der Waals surface area contributed by atoms with Crippen LogP contribution < -0.4 is 11.5 Å². The molecule has 1 fully saturated rings. The van der Waals surface area contributed by atoms with Crippen LogP contribution in [0.3, 0.4) is 0 Å². The van der Waals surface area contributed by atoms with Crippen molar-refractivity contribution in [1.82, 2.24) is 9.55 Å². The van der Waals surface area contributed by atoms with E-state index in [2.05, 4.69) is 4.98 Å². The molecule has 2 heterocycles. The van der Waals surface area contributed by atoms with Crippen molar-refractivity contribution in [2.45, 2.75) is 25.5 Å². The number of rotatable bonds is 3. The predicted molar refractivity (Wildman–Crippen MR) is 61.5 cm³/mol. The number of amides is 1. The number of ether oxygens (including phenoxy) is 1. The molecule has 0 aliphatic carbocycles. The Bertz CT molecular complexity index is 459. The molecule has 1 saturated heterocycles. The predicted octanol–water partition coefficient (Wildman–Crippen LogP) is 0.406.